The summed E-state index contributed by atoms with van der Waals surface area (Å²) in [5.41, 5.74) is 1.17. The number of nitrogens with zero attached hydrogens (tertiary/aromatic N) is 2. The van der Waals surface area contributed by atoms with Gasteiger partial charge in [0.25, 0.3) is 5.91 Å². The number of hydrogen-bond acceptors (Lipinski definition) is 6. The summed E-state index contributed by atoms with van der Waals surface area (Å²) >= 11 is 1.29. The number of thiazole rings is 1. The van der Waals surface area contributed by atoms with Crippen molar-refractivity contribution in [2.45, 2.75) is 13.5 Å². The molecular weight excluding hydrogens is 428 g/mol. The molecule has 0 spiro atoms. The highest BCUT2D eigenvalue weighted by Crippen LogP contribution is 2.33. The normalized spacial score (nSPS) is 11.7. The lowest BCUT2D eigenvalue weighted by Gasteiger charge is -2.09. The summed E-state index contributed by atoms with van der Waals surface area (Å²) in [5.74, 6) is 0.264. The zero-order valence-electron chi connectivity index (χ0n) is 18.0. The first-order valence-corrected chi connectivity index (χ1v) is 10.8. The van der Waals surface area contributed by atoms with Gasteiger partial charge in [0.15, 0.2) is 16.3 Å². The topological polar surface area (TPSA) is 79.1 Å². The summed E-state index contributed by atoms with van der Waals surface area (Å²) in [7, 11) is 3.10. The van der Waals surface area contributed by atoms with E-state index in [4.69, 9.17) is 14.2 Å². The summed E-state index contributed by atoms with van der Waals surface area (Å²) in [5, 5.41) is 2.00. The van der Waals surface area contributed by atoms with Gasteiger partial charge in [0.1, 0.15) is 6.54 Å². The Morgan fingerprint density at radius 2 is 1.69 bits per heavy atom. The summed E-state index contributed by atoms with van der Waals surface area (Å²) in [6.07, 6.45) is 0. The minimum absolute atomic E-state index is 0.0762. The van der Waals surface area contributed by atoms with E-state index in [0.717, 1.165) is 15.5 Å². The zero-order valence-corrected chi connectivity index (χ0v) is 18.8. The molecule has 1 aromatic heterocycles. The molecule has 0 atom stereocenters. The second-order valence-electron chi connectivity index (χ2n) is 6.93. The molecule has 0 saturated heterocycles. The number of carbonyl (C=O) groups excluding carboxylic acids is 2. The second-order valence-corrected chi connectivity index (χ2v) is 7.94. The van der Waals surface area contributed by atoms with Crippen LogP contribution in [0.25, 0.3) is 21.0 Å². The van der Waals surface area contributed by atoms with Crippen LogP contribution in [0, 0.1) is 0 Å². The Hall–Kier alpha value is -3.65. The lowest BCUT2D eigenvalue weighted by molar-refractivity contribution is -0.143. The van der Waals surface area contributed by atoms with Crippen LogP contribution in [0.4, 0.5) is 0 Å². The number of rotatable bonds is 6. The standard InChI is InChI=1S/C24H22N2O5S/c1-4-31-22(27)14-26-18-12-19(29-2)20(30-3)13-21(18)32-24(26)25-23(28)17-10-9-15-7-5-6-8-16(15)11-17/h5-13H,4,14H2,1-3H3. The van der Waals surface area contributed by atoms with Crippen LogP contribution in [0.3, 0.4) is 0 Å². The fourth-order valence-corrected chi connectivity index (χ4v) is 4.48. The highest BCUT2D eigenvalue weighted by molar-refractivity contribution is 7.16. The molecule has 4 rings (SSSR count). The first-order valence-electron chi connectivity index (χ1n) is 10.0. The third kappa shape index (κ3) is 4.22. The van der Waals surface area contributed by atoms with Gasteiger partial charge in [-0.1, -0.05) is 41.7 Å². The monoisotopic (exact) mass is 450 g/mol. The molecule has 4 aromatic rings. The Kier molecular flexibility index (Phi) is 6.23. The van der Waals surface area contributed by atoms with Crippen LogP contribution in [0.2, 0.25) is 0 Å². The van der Waals surface area contributed by atoms with Gasteiger partial charge in [0.05, 0.1) is 31.0 Å². The SMILES string of the molecule is CCOC(=O)Cn1c(=NC(=O)c2ccc3ccccc3c2)sc2cc(OC)c(OC)cc21. The summed E-state index contributed by atoms with van der Waals surface area (Å²) in [4.78, 5) is 30.0. The minimum Gasteiger partial charge on any atom is -0.493 e. The number of carbonyl (C=O) groups is 2. The van der Waals surface area contributed by atoms with Crippen molar-refractivity contribution < 1.29 is 23.8 Å². The number of hydrogen-bond donors (Lipinski definition) is 0. The molecule has 0 aliphatic heterocycles. The smallest absolute Gasteiger partial charge is 0.326 e. The van der Waals surface area contributed by atoms with Gasteiger partial charge in [0, 0.05) is 17.7 Å². The fraction of sp³-hybridized carbons (Fsp3) is 0.208. The van der Waals surface area contributed by atoms with E-state index < -0.39 is 5.97 Å². The van der Waals surface area contributed by atoms with Crippen molar-refractivity contribution in [1.82, 2.24) is 4.57 Å². The van der Waals surface area contributed by atoms with Gasteiger partial charge < -0.3 is 18.8 Å². The lowest BCUT2D eigenvalue weighted by atomic mass is 10.1. The first-order chi connectivity index (χ1) is 15.5. The Balaban J connectivity index is 1.85. The van der Waals surface area contributed by atoms with E-state index in [9.17, 15) is 9.59 Å². The van der Waals surface area contributed by atoms with E-state index in [1.54, 1.807) is 43.9 Å². The fourth-order valence-electron chi connectivity index (χ4n) is 3.44. The predicted molar refractivity (Wildman–Crippen MR) is 123 cm³/mol. The first kappa shape index (κ1) is 21.6. The van der Waals surface area contributed by atoms with Crippen LogP contribution < -0.4 is 14.3 Å². The molecule has 0 aliphatic rings. The van der Waals surface area contributed by atoms with Crippen molar-refractivity contribution in [3.05, 3.63) is 65.0 Å². The maximum atomic E-state index is 13.0. The van der Waals surface area contributed by atoms with E-state index in [2.05, 4.69) is 4.99 Å². The van der Waals surface area contributed by atoms with Gasteiger partial charge in [-0.15, -0.1) is 0 Å². The van der Waals surface area contributed by atoms with Gasteiger partial charge >= 0.3 is 5.97 Å². The van der Waals surface area contributed by atoms with Crippen molar-refractivity contribution in [1.29, 1.82) is 0 Å². The highest BCUT2D eigenvalue weighted by Gasteiger charge is 2.16. The van der Waals surface area contributed by atoms with Crippen molar-refractivity contribution in [2.75, 3.05) is 20.8 Å². The average Bonchev–Trinajstić information content (AvgIpc) is 3.13. The molecule has 0 unspecified atom stereocenters. The number of amides is 1. The molecule has 7 nitrogen and oxygen atoms in total. The molecule has 164 valence electrons. The molecule has 0 saturated carbocycles. The largest absolute Gasteiger partial charge is 0.493 e. The summed E-state index contributed by atoms with van der Waals surface area (Å²) in [6.45, 7) is 1.94. The Labute approximate surface area is 188 Å². The maximum absolute atomic E-state index is 13.0. The van der Waals surface area contributed by atoms with Crippen molar-refractivity contribution in [2.24, 2.45) is 4.99 Å². The van der Waals surface area contributed by atoms with Gasteiger partial charge in [-0.3, -0.25) is 9.59 Å². The number of methoxy groups -OCH3 is 2. The van der Waals surface area contributed by atoms with Crippen LogP contribution >= 0.6 is 11.3 Å². The molecule has 3 aromatic carbocycles. The molecule has 0 fully saturated rings. The third-order valence-electron chi connectivity index (χ3n) is 4.97. The van der Waals surface area contributed by atoms with Crippen LogP contribution in [0.1, 0.15) is 17.3 Å². The van der Waals surface area contributed by atoms with Crippen molar-refractivity contribution in [3.63, 3.8) is 0 Å². The van der Waals surface area contributed by atoms with E-state index in [1.807, 2.05) is 36.4 Å². The van der Waals surface area contributed by atoms with E-state index >= 15 is 0 Å². The lowest BCUT2D eigenvalue weighted by Crippen LogP contribution is -2.23. The average molecular weight is 451 g/mol. The number of aromatic nitrogens is 1. The number of fused-ring (bicyclic) bond motifs is 2. The molecule has 32 heavy (non-hydrogen) atoms. The maximum Gasteiger partial charge on any atom is 0.326 e. The van der Waals surface area contributed by atoms with E-state index in [1.165, 1.54) is 11.3 Å². The number of ether oxygens (including phenoxy) is 3. The Morgan fingerprint density at radius 1 is 0.969 bits per heavy atom. The third-order valence-corrected chi connectivity index (χ3v) is 6.02. The molecule has 1 heterocycles. The molecule has 0 N–H and O–H groups in total. The minimum atomic E-state index is -0.415. The van der Waals surface area contributed by atoms with Gasteiger partial charge in [0.2, 0.25) is 0 Å². The van der Waals surface area contributed by atoms with E-state index in [0.29, 0.717) is 27.4 Å². The van der Waals surface area contributed by atoms with Crippen molar-refractivity contribution in [3.8, 4) is 11.5 Å². The molecule has 0 aliphatic carbocycles. The van der Waals surface area contributed by atoms with Crippen LogP contribution in [-0.4, -0.2) is 37.3 Å². The number of esters is 1. The van der Waals surface area contributed by atoms with E-state index in [-0.39, 0.29) is 19.1 Å². The zero-order chi connectivity index (χ0) is 22.7. The predicted octanol–water partition coefficient (Wildman–Crippen LogP) is 4.18. The molecule has 0 radical (unpaired) electrons. The Morgan fingerprint density at radius 3 is 2.41 bits per heavy atom. The summed E-state index contributed by atoms with van der Waals surface area (Å²) in [6, 6.07) is 16.8. The van der Waals surface area contributed by atoms with Crippen LogP contribution in [0.15, 0.2) is 59.6 Å². The number of benzene rings is 3. The highest BCUT2D eigenvalue weighted by atomic mass is 32.1. The van der Waals surface area contributed by atoms with Gasteiger partial charge in [-0.2, -0.15) is 4.99 Å². The van der Waals surface area contributed by atoms with Crippen LogP contribution in [0.5, 0.6) is 11.5 Å². The van der Waals surface area contributed by atoms with Crippen molar-refractivity contribution >= 4 is 44.2 Å². The second kappa shape index (κ2) is 9.23. The van der Waals surface area contributed by atoms with Gasteiger partial charge in [-0.05, 0) is 29.8 Å². The molecule has 1 amide bonds. The Bertz CT molecular complexity index is 1390. The quantitative estimate of drug-likeness (QED) is 0.412. The van der Waals surface area contributed by atoms with Gasteiger partial charge in [-0.25, -0.2) is 0 Å². The van der Waals surface area contributed by atoms with Crippen LogP contribution in [-0.2, 0) is 16.1 Å². The molecule has 8 heteroatoms. The molecular formula is C24H22N2O5S. The molecule has 0 bridgehead atoms. The summed E-state index contributed by atoms with van der Waals surface area (Å²) < 4.78 is 18.4.